The molecule has 41 heavy (non-hydrogen) atoms. The summed E-state index contributed by atoms with van der Waals surface area (Å²) in [7, 11) is 0. The minimum atomic E-state index is -0.426. The highest BCUT2D eigenvalue weighted by Gasteiger charge is 2.34. The molecule has 0 bridgehead atoms. The Bertz CT molecular complexity index is 1510. The van der Waals surface area contributed by atoms with Gasteiger partial charge in [0.05, 0.1) is 23.1 Å². The molecule has 7 nitrogen and oxygen atoms in total. The standard InChI is InChI=1S/C33H34FN5O2/c34-28-10-12-29(13-11-28)39-31(25-14-17-37(18-15-25)21-23-6-8-26(9-7-23)32(35)40)30(20-36-39)33(41)38-19-16-27(22-38)24-4-2-1-3-5-24/h1-13,20,25,27H,14-19,21-22H2,(H2,35,40). The Kier molecular flexibility index (Phi) is 7.65. The molecule has 2 amide bonds. The van der Waals surface area contributed by atoms with E-state index in [0.717, 1.165) is 55.8 Å². The fourth-order valence-electron chi connectivity index (χ4n) is 6.21. The van der Waals surface area contributed by atoms with Crippen molar-refractivity contribution in [1.82, 2.24) is 19.6 Å². The van der Waals surface area contributed by atoms with Gasteiger partial charge in [-0.3, -0.25) is 14.5 Å². The van der Waals surface area contributed by atoms with E-state index in [1.807, 2.05) is 39.9 Å². The molecule has 2 saturated heterocycles. The van der Waals surface area contributed by atoms with Crippen molar-refractivity contribution in [1.29, 1.82) is 0 Å². The molecule has 0 aliphatic carbocycles. The third kappa shape index (κ3) is 5.79. The van der Waals surface area contributed by atoms with Crippen LogP contribution >= 0.6 is 0 Å². The number of nitrogens with two attached hydrogens (primary N) is 1. The molecule has 8 heteroatoms. The number of hydrogen-bond donors (Lipinski definition) is 1. The number of rotatable bonds is 7. The van der Waals surface area contributed by atoms with Gasteiger partial charge >= 0.3 is 0 Å². The molecule has 6 rings (SSSR count). The summed E-state index contributed by atoms with van der Waals surface area (Å²) in [6, 6.07) is 24.1. The van der Waals surface area contributed by atoms with Crippen LogP contribution in [0.3, 0.4) is 0 Å². The van der Waals surface area contributed by atoms with Crippen LogP contribution in [0.2, 0.25) is 0 Å². The molecule has 2 aliphatic rings. The van der Waals surface area contributed by atoms with Gasteiger partial charge in [-0.2, -0.15) is 5.10 Å². The zero-order valence-corrected chi connectivity index (χ0v) is 23.0. The number of amides is 2. The second-order valence-corrected chi connectivity index (χ2v) is 11.1. The van der Waals surface area contributed by atoms with Crippen LogP contribution in [0, 0.1) is 5.82 Å². The molecular weight excluding hydrogens is 517 g/mol. The zero-order valence-electron chi connectivity index (χ0n) is 23.0. The minimum Gasteiger partial charge on any atom is -0.366 e. The second-order valence-electron chi connectivity index (χ2n) is 11.1. The zero-order chi connectivity index (χ0) is 28.3. The molecule has 2 aliphatic heterocycles. The number of likely N-dealkylation sites (tertiary alicyclic amines) is 2. The monoisotopic (exact) mass is 551 g/mol. The number of aromatic nitrogens is 2. The first kappa shape index (κ1) is 26.9. The summed E-state index contributed by atoms with van der Waals surface area (Å²) in [5.41, 5.74) is 10.6. The molecule has 4 aromatic rings. The lowest BCUT2D eigenvalue weighted by atomic mass is 9.90. The van der Waals surface area contributed by atoms with Gasteiger partial charge in [0.1, 0.15) is 5.82 Å². The van der Waals surface area contributed by atoms with Gasteiger partial charge in [-0.05, 0) is 79.9 Å². The van der Waals surface area contributed by atoms with E-state index in [-0.39, 0.29) is 17.6 Å². The fraction of sp³-hybridized carbons (Fsp3) is 0.303. The van der Waals surface area contributed by atoms with E-state index < -0.39 is 5.91 Å². The lowest BCUT2D eigenvalue weighted by molar-refractivity contribution is 0.0787. The Morgan fingerprint density at radius 2 is 1.54 bits per heavy atom. The van der Waals surface area contributed by atoms with Crippen LogP contribution in [0.15, 0.2) is 85.1 Å². The van der Waals surface area contributed by atoms with Crippen molar-refractivity contribution in [3.05, 3.63) is 119 Å². The molecule has 3 aromatic carbocycles. The van der Waals surface area contributed by atoms with Crippen molar-refractivity contribution in [3.63, 3.8) is 0 Å². The summed E-state index contributed by atoms with van der Waals surface area (Å²) in [6.07, 6.45) is 4.39. The van der Waals surface area contributed by atoms with E-state index >= 15 is 0 Å². The van der Waals surface area contributed by atoms with Crippen molar-refractivity contribution < 1.29 is 14.0 Å². The van der Waals surface area contributed by atoms with Crippen LogP contribution in [0.25, 0.3) is 5.69 Å². The summed E-state index contributed by atoms with van der Waals surface area (Å²) >= 11 is 0. The quantitative estimate of drug-likeness (QED) is 0.346. The van der Waals surface area contributed by atoms with E-state index in [4.69, 9.17) is 5.73 Å². The molecule has 0 saturated carbocycles. The average Bonchev–Trinajstić information content (AvgIpc) is 3.67. The first-order valence-corrected chi connectivity index (χ1v) is 14.3. The summed E-state index contributed by atoms with van der Waals surface area (Å²) in [4.78, 5) is 29.7. The van der Waals surface area contributed by atoms with Crippen molar-refractivity contribution in [3.8, 4) is 5.69 Å². The topological polar surface area (TPSA) is 84.5 Å². The van der Waals surface area contributed by atoms with Crippen molar-refractivity contribution >= 4 is 11.8 Å². The van der Waals surface area contributed by atoms with Crippen molar-refractivity contribution in [2.45, 2.75) is 37.6 Å². The first-order chi connectivity index (χ1) is 20.0. The molecule has 2 N–H and O–H groups in total. The number of primary amides is 1. The predicted molar refractivity (Wildman–Crippen MR) is 155 cm³/mol. The number of carbonyl (C=O) groups is 2. The highest BCUT2D eigenvalue weighted by Crippen LogP contribution is 2.35. The maximum Gasteiger partial charge on any atom is 0.257 e. The maximum absolute atomic E-state index is 13.9. The smallest absolute Gasteiger partial charge is 0.257 e. The van der Waals surface area contributed by atoms with Crippen LogP contribution < -0.4 is 5.73 Å². The fourth-order valence-corrected chi connectivity index (χ4v) is 6.21. The highest BCUT2D eigenvalue weighted by atomic mass is 19.1. The van der Waals surface area contributed by atoms with Crippen LogP contribution in [-0.4, -0.2) is 57.6 Å². The molecule has 0 spiro atoms. The van der Waals surface area contributed by atoms with Crippen LogP contribution in [0.1, 0.15) is 68.6 Å². The lowest BCUT2D eigenvalue weighted by Crippen LogP contribution is -2.34. The lowest BCUT2D eigenvalue weighted by Gasteiger charge is -2.33. The average molecular weight is 552 g/mol. The number of benzene rings is 3. The first-order valence-electron chi connectivity index (χ1n) is 14.3. The number of piperidine rings is 1. The van der Waals surface area contributed by atoms with Gasteiger partial charge in [-0.25, -0.2) is 9.07 Å². The Morgan fingerprint density at radius 1 is 0.854 bits per heavy atom. The number of carbonyl (C=O) groups excluding carboxylic acids is 2. The second kappa shape index (κ2) is 11.7. The molecule has 1 aromatic heterocycles. The highest BCUT2D eigenvalue weighted by molar-refractivity contribution is 5.96. The summed E-state index contributed by atoms with van der Waals surface area (Å²) in [6.45, 7) is 3.92. The molecule has 210 valence electrons. The number of halogens is 1. The third-order valence-electron chi connectivity index (χ3n) is 8.47. The molecular formula is C33H34FN5O2. The van der Waals surface area contributed by atoms with Crippen molar-refractivity contribution in [2.24, 2.45) is 5.73 Å². The Balaban J connectivity index is 1.21. The SMILES string of the molecule is NC(=O)c1ccc(CN2CCC(c3c(C(=O)N4CCC(c5ccccc5)C4)cnn3-c3ccc(F)cc3)CC2)cc1. The maximum atomic E-state index is 13.9. The Labute approximate surface area is 239 Å². The summed E-state index contributed by atoms with van der Waals surface area (Å²) in [5, 5.41) is 4.67. The van der Waals surface area contributed by atoms with E-state index in [1.54, 1.807) is 30.5 Å². The van der Waals surface area contributed by atoms with Gasteiger partial charge in [-0.1, -0.05) is 42.5 Å². The number of nitrogens with zero attached hydrogens (tertiary/aromatic N) is 4. The largest absolute Gasteiger partial charge is 0.366 e. The van der Waals surface area contributed by atoms with Gasteiger partial charge in [0.15, 0.2) is 0 Å². The van der Waals surface area contributed by atoms with Gasteiger partial charge in [0, 0.05) is 37.0 Å². The Hall–Kier alpha value is -4.30. The van der Waals surface area contributed by atoms with Gasteiger partial charge in [0.2, 0.25) is 5.91 Å². The van der Waals surface area contributed by atoms with Crippen LogP contribution in [-0.2, 0) is 6.54 Å². The van der Waals surface area contributed by atoms with E-state index in [1.165, 1.54) is 17.7 Å². The predicted octanol–water partition coefficient (Wildman–Crippen LogP) is 5.12. The summed E-state index contributed by atoms with van der Waals surface area (Å²) in [5.74, 6) is -0.243. The minimum absolute atomic E-state index is 0.0174. The van der Waals surface area contributed by atoms with Crippen LogP contribution in [0.5, 0.6) is 0 Å². The molecule has 2 fully saturated rings. The molecule has 0 radical (unpaired) electrons. The van der Waals surface area contributed by atoms with E-state index in [2.05, 4.69) is 22.1 Å². The van der Waals surface area contributed by atoms with Crippen LogP contribution in [0.4, 0.5) is 4.39 Å². The normalized spacial score (nSPS) is 18.1. The molecule has 3 heterocycles. The Morgan fingerprint density at radius 3 is 2.22 bits per heavy atom. The van der Waals surface area contributed by atoms with Gasteiger partial charge < -0.3 is 10.6 Å². The molecule has 1 unspecified atom stereocenters. The van der Waals surface area contributed by atoms with E-state index in [9.17, 15) is 14.0 Å². The summed E-state index contributed by atoms with van der Waals surface area (Å²) < 4.78 is 15.6. The van der Waals surface area contributed by atoms with Gasteiger partial charge in [0.25, 0.3) is 5.91 Å². The third-order valence-corrected chi connectivity index (χ3v) is 8.47. The number of hydrogen-bond acceptors (Lipinski definition) is 4. The van der Waals surface area contributed by atoms with Crippen molar-refractivity contribution in [2.75, 3.05) is 26.2 Å². The van der Waals surface area contributed by atoms with Gasteiger partial charge in [-0.15, -0.1) is 0 Å². The van der Waals surface area contributed by atoms with E-state index in [0.29, 0.717) is 30.1 Å². The molecule has 1 atom stereocenters.